The van der Waals surface area contributed by atoms with Crippen LogP contribution < -0.4 is 5.32 Å². The first-order chi connectivity index (χ1) is 15.5. The third-order valence-corrected chi connectivity index (χ3v) is 7.19. The van der Waals surface area contributed by atoms with Gasteiger partial charge >= 0.3 is 5.97 Å². The third-order valence-electron chi connectivity index (χ3n) is 6.30. The van der Waals surface area contributed by atoms with Gasteiger partial charge in [0.1, 0.15) is 0 Å². The van der Waals surface area contributed by atoms with E-state index in [0.717, 1.165) is 40.5 Å². The number of methoxy groups -OCH3 is 1. The van der Waals surface area contributed by atoms with Crippen molar-refractivity contribution in [1.29, 1.82) is 0 Å². The number of hydrogen-bond donors (Lipinski definition) is 1. The maximum atomic E-state index is 12.9. The molecule has 0 spiro atoms. The summed E-state index contributed by atoms with van der Waals surface area (Å²) in [6, 6.07) is 8.06. The molecule has 0 aromatic heterocycles. The summed E-state index contributed by atoms with van der Waals surface area (Å²) in [5.41, 5.74) is 4.25. The number of carbonyl (C=O) groups excluding carboxylic acids is 2. The number of nitrogens with one attached hydrogen (secondary N) is 1. The van der Waals surface area contributed by atoms with Crippen molar-refractivity contribution in [3.63, 3.8) is 0 Å². The van der Waals surface area contributed by atoms with Gasteiger partial charge in [0.05, 0.1) is 30.8 Å². The number of benzene rings is 1. The van der Waals surface area contributed by atoms with Gasteiger partial charge in [-0.3, -0.25) is 4.79 Å². The van der Waals surface area contributed by atoms with E-state index < -0.39 is 0 Å². The maximum Gasteiger partial charge on any atom is 0.338 e. The standard InChI is InChI=1S/C25H31N3O3S/c1-4-20-22(24(30)31-3)23(17-10-8-9-16(2)13-17)28-19(15-32-25(28)27-20)14-21(29)26-18-11-6-5-7-12-18/h8-10,13,15,18,23H,4-7,11-12,14H2,1-3H3,(H,26,29). The van der Waals surface area contributed by atoms with E-state index in [1.807, 2.05) is 42.4 Å². The fourth-order valence-corrected chi connectivity index (χ4v) is 5.70. The minimum Gasteiger partial charge on any atom is -0.466 e. The van der Waals surface area contributed by atoms with Crippen molar-refractivity contribution in [2.24, 2.45) is 4.99 Å². The summed E-state index contributed by atoms with van der Waals surface area (Å²) in [7, 11) is 1.41. The number of carbonyl (C=O) groups is 2. The molecule has 32 heavy (non-hydrogen) atoms. The van der Waals surface area contributed by atoms with Gasteiger partial charge in [-0.1, -0.05) is 67.8 Å². The lowest BCUT2D eigenvalue weighted by Gasteiger charge is -2.36. The van der Waals surface area contributed by atoms with E-state index in [4.69, 9.17) is 9.73 Å². The molecule has 6 nitrogen and oxygen atoms in total. The van der Waals surface area contributed by atoms with Crippen LogP contribution in [0.1, 0.15) is 69.0 Å². The number of esters is 1. The summed E-state index contributed by atoms with van der Waals surface area (Å²) in [4.78, 5) is 32.6. The highest BCUT2D eigenvalue weighted by atomic mass is 32.2. The summed E-state index contributed by atoms with van der Waals surface area (Å²) in [6.45, 7) is 4.04. The Morgan fingerprint density at radius 1 is 1.25 bits per heavy atom. The lowest BCUT2D eigenvalue weighted by atomic mass is 9.92. The molecule has 0 saturated heterocycles. The number of allylic oxidation sites excluding steroid dienone is 1. The Labute approximate surface area is 194 Å². The molecular weight excluding hydrogens is 422 g/mol. The molecule has 1 atom stereocenters. The molecule has 1 saturated carbocycles. The molecule has 170 valence electrons. The highest BCUT2D eigenvalue weighted by molar-refractivity contribution is 8.16. The molecule has 1 unspecified atom stereocenters. The second-order valence-corrected chi connectivity index (χ2v) is 9.43. The van der Waals surface area contributed by atoms with E-state index in [-0.39, 0.29) is 30.4 Å². The SMILES string of the molecule is CCC1=C(C(=O)OC)C(c2cccc(C)c2)N2C(CC(=O)NC3CCCCC3)=CSC2=N1. The number of nitrogens with zero attached hydrogens (tertiary/aromatic N) is 2. The Kier molecular flexibility index (Phi) is 7.04. The van der Waals surface area contributed by atoms with E-state index in [1.54, 1.807) is 0 Å². The van der Waals surface area contributed by atoms with Crippen molar-refractivity contribution < 1.29 is 14.3 Å². The number of fused-ring (bicyclic) bond motifs is 1. The molecule has 1 N–H and O–H groups in total. The first kappa shape index (κ1) is 22.6. The Morgan fingerprint density at radius 3 is 2.72 bits per heavy atom. The molecule has 1 amide bonds. The second kappa shape index (κ2) is 9.94. The van der Waals surface area contributed by atoms with Crippen LogP contribution in [-0.4, -0.2) is 35.1 Å². The van der Waals surface area contributed by atoms with Gasteiger partial charge in [-0.25, -0.2) is 9.79 Å². The Morgan fingerprint density at radius 2 is 2.03 bits per heavy atom. The lowest BCUT2D eigenvalue weighted by Crippen LogP contribution is -2.40. The summed E-state index contributed by atoms with van der Waals surface area (Å²) >= 11 is 1.51. The predicted octanol–water partition coefficient (Wildman–Crippen LogP) is 4.97. The Balaban J connectivity index is 1.66. The lowest BCUT2D eigenvalue weighted by molar-refractivity contribution is -0.136. The van der Waals surface area contributed by atoms with Crippen LogP contribution in [0, 0.1) is 6.92 Å². The molecule has 1 aromatic rings. The molecule has 2 heterocycles. The number of rotatable bonds is 6. The van der Waals surface area contributed by atoms with Gasteiger partial charge in [0.15, 0.2) is 5.17 Å². The molecule has 4 rings (SSSR count). The monoisotopic (exact) mass is 453 g/mol. The normalized spacial score (nSPS) is 21.1. The summed E-state index contributed by atoms with van der Waals surface area (Å²) in [6.07, 6.45) is 6.60. The van der Waals surface area contributed by atoms with Crippen molar-refractivity contribution in [3.05, 3.63) is 57.8 Å². The Hall–Kier alpha value is -2.54. The molecule has 7 heteroatoms. The minimum absolute atomic E-state index is 0.0258. The number of amides is 1. The smallest absolute Gasteiger partial charge is 0.338 e. The quantitative estimate of drug-likeness (QED) is 0.616. The predicted molar refractivity (Wildman–Crippen MR) is 128 cm³/mol. The average molecular weight is 454 g/mol. The van der Waals surface area contributed by atoms with E-state index in [9.17, 15) is 9.59 Å². The van der Waals surface area contributed by atoms with Crippen LogP contribution in [0.5, 0.6) is 0 Å². The van der Waals surface area contributed by atoms with Crippen molar-refractivity contribution in [2.75, 3.05) is 7.11 Å². The molecule has 2 aliphatic heterocycles. The summed E-state index contributed by atoms with van der Waals surface area (Å²) in [5.74, 6) is -0.350. The van der Waals surface area contributed by atoms with Crippen molar-refractivity contribution in [2.45, 2.75) is 70.9 Å². The van der Waals surface area contributed by atoms with Gasteiger partial charge in [0, 0.05) is 11.7 Å². The van der Waals surface area contributed by atoms with Gasteiger partial charge in [-0.15, -0.1) is 0 Å². The van der Waals surface area contributed by atoms with Gasteiger partial charge in [0.25, 0.3) is 0 Å². The fourth-order valence-electron chi connectivity index (χ4n) is 4.76. The fraction of sp³-hybridized carbons (Fsp3) is 0.480. The van der Waals surface area contributed by atoms with Crippen LogP contribution in [0.25, 0.3) is 0 Å². The second-order valence-electron chi connectivity index (χ2n) is 8.59. The van der Waals surface area contributed by atoms with Gasteiger partial charge in [0.2, 0.25) is 5.91 Å². The minimum atomic E-state index is -0.376. The van der Waals surface area contributed by atoms with Crippen LogP contribution in [0.2, 0.25) is 0 Å². The van der Waals surface area contributed by atoms with E-state index in [2.05, 4.69) is 11.4 Å². The maximum absolute atomic E-state index is 12.9. The highest BCUT2D eigenvalue weighted by Gasteiger charge is 2.41. The Bertz CT molecular complexity index is 992. The van der Waals surface area contributed by atoms with Gasteiger partial charge in [-0.05, 0) is 37.2 Å². The number of ether oxygens (including phenoxy) is 1. The number of aliphatic imine (C=N–C) groups is 1. The molecule has 0 radical (unpaired) electrons. The van der Waals surface area contributed by atoms with Crippen LogP contribution in [0.3, 0.4) is 0 Å². The molecule has 1 aliphatic carbocycles. The molecular formula is C25H31N3O3S. The van der Waals surface area contributed by atoms with Crippen LogP contribution in [0.4, 0.5) is 0 Å². The zero-order chi connectivity index (χ0) is 22.7. The molecule has 3 aliphatic rings. The van der Waals surface area contributed by atoms with Crippen LogP contribution in [0.15, 0.2) is 51.6 Å². The average Bonchev–Trinajstić information content (AvgIpc) is 3.19. The topological polar surface area (TPSA) is 71.0 Å². The highest BCUT2D eigenvalue weighted by Crippen LogP contribution is 2.45. The zero-order valence-electron chi connectivity index (χ0n) is 19.0. The number of thioether (sulfide) groups is 1. The van der Waals surface area contributed by atoms with Crippen LogP contribution in [-0.2, 0) is 14.3 Å². The third kappa shape index (κ3) is 4.63. The number of aryl methyl sites for hydroxylation is 1. The number of hydrogen-bond acceptors (Lipinski definition) is 6. The summed E-state index contributed by atoms with van der Waals surface area (Å²) < 4.78 is 5.17. The largest absolute Gasteiger partial charge is 0.466 e. The van der Waals surface area contributed by atoms with Crippen LogP contribution >= 0.6 is 11.8 Å². The first-order valence-electron chi connectivity index (χ1n) is 11.4. The van der Waals surface area contributed by atoms with Crippen molar-refractivity contribution in [1.82, 2.24) is 10.2 Å². The molecule has 1 fully saturated rings. The zero-order valence-corrected chi connectivity index (χ0v) is 19.8. The van der Waals surface area contributed by atoms with E-state index in [0.29, 0.717) is 12.0 Å². The molecule has 0 bridgehead atoms. The van der Waals surface area contributed by atoms with Gasteiger partial charge in [-0.2, -0.15) is 0 Å². The first-order valence-corrected chi connectivity index (χ1v) is 12.3. The molecule has 1 aromatic carbocycles. The van der Waals surface area contributed by atoms with E-state index >= 15 is 0 Å². The summed E-state index contributed by atoms with van der Waals surface area (Å²) in [5, 5.41) is 6.01. The van der Waals surface area contributed by atoms with E-state index in [1.165, 1.54) is 38.1 Å². The number of amidine groups is 1. The van der Waals surface area contributed by atoms with Crippen molar-refractivity contribution in [3.8, 4) is 0 Å². The van der Waals surface area contributed by atoms with Crippen molar-refractivity contribution >= 4 is 28.8 Å². The van der Waals surface area contributed by atoms with Gasteiger partial charge < -0.3 is 15.0 Å².